The first kappa shape index (κ1) is 12.2. The van der Waals surface area contributed by atoms with Crippen molar-refractivity contribution >= 4 is 5.91 Å². The number of fused-ring (bicyclic) bond motifs is 1. The average molecular weight is 236 g/mol. The molecule has 1 aromatic heterocycles. The molecule has 1 heterocycles. The molecule has 0 aliphatic heterocycles. The number of primary amides is 1. The van der Waals surface area contributed by atoms with Gasteiger partial charge in [-0.1, -0.05) is 13.8 Å². The van der Waals surface area contributed by atoms with Gasteiger partial charge in [-0.25, -0.2) is 0 Å². The highest BCUT2D eigenvalue weighted by Crippen LogP contribution is 2.41. The maximum absolute atomic E-state index is 11.1. The SMILES string of the molecule is Cc1cc2c(n1CC(N)=O)CC(C)(C)CC2O. The third-order valence-corrected chi connectivity index (χ3v) is 3.51. The van der Waals surface area contributed by atoms with E-state index in [0.717, 1.165) is 29.8 Å². The molecule has 1 aliphatic rings. The normalized spacial score (nSPS) is 22.2. The van der Waals surface area contributed by atoms with E-state index in [2.05, 4.69) is 13.8 Å². The minimum Gasteiger partial charge on any atom is -0.388 e. The fourth-order valence-corrected chi connectivity index (χ4v) is 2.78. The van der Waals surface area contributed by atoms with E-state index in [9.17, 15) is 9.90 Å². The van der Waals surface area contributed by atoms with Crippen LogP contribution in [0.1, 0.15) is 43.3 Å². The van der Waals surface area contributed by atoms with E-state index < -0.39 is 6.10 Å². The Morgan fingerprint density at radius 1 is 1.65 bits per heavy atom. The summed E-state index contributed by atoms with van der Waals surface area (Å²) >= 11 is 0. The second kappa shape index (κ2) is 3.88. The summed E-state index contributed by atoms with van der Waals surface area (Å²) in [6.07, 6.45) is 1.21. The van der Waals surface area contributed by atoms with E-state index in [4.69, 9.17) is 5.73 Å². The minimum absolute atomic E-state index is 0.0621. The van der Waals surface area contributed by atoms with Crippen LogP contribution in [0.4, 0.5) is 0 Å². The van der Waals surface area contributed by atoms with E-state index >= 15 is 0 Å². The molecular formula is C13H20N2O2. The van der Waals surface area contributed by atoms with Crippen LogP contribution in [0.15, 0.2) is 6.07 Å². The van der Waals surface area contributed by atoms with Gasteiger partial charge in [-0.15, -0.1) is 0 Å². The smallest absolute Gasteiger partial charge is 0.237 e. The fourth-order valence-electron chi connectivity index (χ4n) is 2.78. The highest BCUT2D eigenvalue weighted by molar-refractivity contribution is 5.73. The summed E-state index contributed by atoms with van der Waals surface area (Å²) in [6, 6.07) is 1.97. The van der Waals surface area contributed by atoms with Crippen molar-refractivity contribution in [1.29, 1.82) is 0 Å². The van der Waals surface area contributed by atoms with Crippen molar-refractivity contribution in [2.45, 2.75) is 46.3 Å². The summed E-state index contributed by atoms with van der Waals surface area (Å²) in [7, 11) is 0. The number of rotatable bonds is 2. The van der Waals surface area contributed by atoms with Crippen LogP contribution in [0, 0.1) is 12.3 Å². The van der Waals surface area contributed by atoms with Gasteiger partial charge in [0, 0.05) is 17.0 Å². The van der Waals surface area contributed by atoms with Gasteiger partial charge in [-0.3, -0.25) is 4.79 Å². The molecule has 0 fully saturated rings. The number of nitrogens with two attached hydrogens (primary N) is 1. The van der Waals surface area contributed by atoms with Gasteiger partial charge in [0.05, 0.1) is 6.10 Å². The molecule has 1 unspecified atom stereocenters. The second-order valence-corrected chi connectivity index (χ2v) is 5.80. The molecule has 0 saturated heterocycles. The topological polar surface area (TPSA) is 68.2 Å². The van der Waals surface area contributed by atoms with Crippen LogP contribution >= 0.6 is 0 Å². The van der Waals surface area contributed by atoms with E-state index in [-0.39, 0.29) is 17.9 Å². The first-order chi connectivity index (χ1) is 7.80. The Kier molecular flexibility index (Phi) is 2.78. The number of hydrogen-bond acceptors (Lipinski definition) is 2. The van der Waals surface area contributed by atoms with Gasteiger partial charge >= 0.3 is 0 Å². The zero-order valence-corrected chi connectivity index (χ0v) is 10.7. The molecule has 0 aromatic carbocycles. The standard InChI is InChI=1S/C13H20N2O2/c1-8-4-9-10(15(8)7-12(14)17)5-13(2,3)6-11(9)16/h4,11,16H,5-7H2,1-3H3,(H2,14,17). The largest absolute Gasteiger partial charge is 0.388 e. The Morgan fingerprint density at radius 2 is 2.29 bits per heavy atom. The van der Waals surface area contributed by atoms with Crippen molar-refractivity contribution < 1.29 is 9.90 Å². The van der Waals surface area contributed by atoms with Crippen molar-refractivity contribution in [1.82, 2.24) is 4.57 Å². The predicted molar refractivity (Wildman–Crippen MR) is 65.4 cm³/mol. The third kappa shape index (κ3) is 2.22. The van der Waals surface area contributed by atoms with Gasteiger partial charge in [0.25, 0.3) is 0 Å². The number of aromatic nitrogens is 1. The number of nitrogens with zero attached hydrogens (tertiary/aromatic N) is 1. The minimum atomic E-state index is -0.429. The van der Waals surface area contributed by atoms with Crippen molar-refractivity contribution in [3.63, 3.8) is 0 Å². The molecule has 4 nitrogen and oxygen atoms in total. The fraction of sp³-hybridized carbons (Fsp3) is 0.615. The Balaban J connectivity index is 2.47. The molecule has 0 bridgehead atoms. The number of aliphatic hydroxyl groups excluding tert-OH is 1. The molecular weight excluding hydrogens is 216 g/mol. The quantitative estimate of drug-likeness (QED) is 0.812. The molecule has 1 aliphatic carbocycles. The lowest BCUT2D eigenvalue weighted by Gasteiger charge is -2.33. The van der Waals surface area contributed by atoms with Crippen LogP contribution in [-0.4, -0.2) is 15.6 Å². The lowest BCUT2D eigenvalue weighted by molar-refractivity contribution is -0.118. The van der Waals surface area contributed by atoms with Crippen LogP contribution in [-0.2, 0) is 17.8 Å². The highest BCUT2D eigenvalue weighted by Gasteiger charge is 2.34. The summed E-state index contributed by atoms with van der Waals surface area (Å²) in [5.41, 5.74) is 8.34. The molecule has 1 atom stereocenters. The molecule has 4 heteroatoms. The van der Waals surface area contributed by atoms with Gasteiger partial charge in [0.15, 0.2) is 0 Å². The zero-order valence-electron chi connectivity index (χ0n) is 10.7. The summed E-state index contributed by atoms with van der Waals surface area (Å²) in [4.78, 5) is 11.1. The molecule has 2 rings (SSSR count). The highest BCUT2D eigenvalue weighted by atomic mass is 16.3. The average Bonchev–Trinajstić information content (AvgIpc) is 2.43. The Hall–Kier alpha value is -1.29. The number of aliphatic hydroxyl groups is 1. The lowest BCUT2D eigenvalue weighted by atomic mass is 9.75. The predicted octanol–water partition coefficient (Wildman–Crippen LogP) is 1.29. The van der Waals surface area contributed by atoms with E-state index in [1.165, 1.54) is 0 Å². The van der Waals surface area contributed by atoms with E-state index in [0.29, 0.717) is 0 Å². The molecule has 17 heavy (non-hydrogen) atoms. The Labute approximate surface area is 101 Å². The zero-order chi connectivity index (χ0) is 12.8. The summed E-state index contributed by atoms with van der Waals surface area (Å²) in [6.45, 7) is 6.41. The van der Waals surface area contributed by atoms with Crippen LogP contribution in [0.2, 0.25) is 0 Å². The van der Waals surface area contributed by atoms with E-state index in [1.54, 1.807) is 0 Å². The lowest BCUT2D eigenvalue weighted by Crippen LogP contribution is -2.28. The monoisotopic (exact) mass is 236 g/mol. The van der Waals surface area contributed by atoms with Crippen molar-refractivity contribution in [3.05, 3.63) is 23.0 Å². The Morgan fingerprint density at radius 3 is 2.88 bits per heavy atom. The van der Waals surface area contributed by atoms with Crippen LogP contribution < -0.4 is 5.73 Å². The summed E-state index contributed by atoms with van der Waals surface area (Å²) in [5, 5.41) is 10.1. The van der Waals surface area contributed by atoms with Crippen molar-refractivity contribution in [3.8, 4) is 0 Å². The molecule has 1 aromatic rings. The number of carbonyl (C=O) groups is 1. The van der Waals surface area contributed by atoms with Crippen LogP contribution in [0.5, 0.6) is 0 Å². The van der Waals surface area contributed by atoms with Crippen molar-refractivity contribution in [2.24, 2.45) is 11.1 Å². The number of aryl methyl sites for hydroxylation is 1. The molecule has 0 spiro atoms. The molecule has 0 radical (unpaired) electrons. The maximum Gasteiger partial charge on any atom is 0.237 e. The van der Waals surface area contributed by atoms with Crippen LogP contribution in [0.3, 0.4) is 0 Å². The number of amides is 1. The van der Waals surface area contributed by atoms with Crippen LogP contribution in [0.25, 0.3) is 0 Å². The van der Waals surface area contributed by atoms with Crippen molar-refractivity contribution in [2.75, 3.05) is 0 Å². The first-order valence-corrected chi connectivity index (χ1v) is 5.95. The maximum atomic E-state index is 11.1. The Bertz CT molecular complexity index is 460. The van der Waals surface area contributed by atoms with E-state index in [1.807, 2.05) is 17.6 Å². The molecule has 94 valence electrons. The summed E-state index contributed by atoms with van der Waals surface area (Å²) in [5.74, 6) is -0.343. The molecule has 1 amide bonds. The number of hydrogen-bond donors (Lipinski definition) is 2. The van der Waals surface area contributed by atoms with Gasteiger partial charge in [-0.05, 0) is 31.2 Å². The molecule has 3 N–H and O–H groups in total. The van der Waals surface area contributed by atoms with Gasteiger partial charge in [0.2, 0.25) is 5.91 Å². The van der Waals surface area contributed by atoms with Gasteiger partial charge in [-0.2, -0.15) is 0 Å². The number of carbonyl (C=O) groups excluding carboxylic acids is 1. The molecule has 0 saturated carbocycles. The third-order valence-electron chi connectivity index (χ3n) is 3.51. The first-order valence-electron chi connectivity index (χ1n) is 5.95. The van der Waals surface area contributed by atoms with Gasteiger partial charge < -0.3 is 15.4 Å². The van der Waals surface area contributed by atoms with Gasteiger partial charge in [0.1, 0.15) is 6.54 Å². The summed E-state index contributed by atoms with van der Waals surface area (Å²) < 4.78 is 1.93. The second-order valence-electron chi connectivity index (χ2n) is 5.80.